The summed E-state index contributed by atoms with van der Waals surface area (Å²) in [6, 6.07) is 16.5. The number of amides is 1. The molecule has 9 rings (SSSR count). The van der Waals surface area contributed by atoms with Gasteiger partial charge < -0.3 is 49.6 Å². The molecule has 3 aliphatic rings. The predicted octanol–water partition coefficient (Wildman–Crippen LogP) is 10.4. The van der Waals surface area contributed by atoms with Gasteiger partial charge in [0.25, 0.3) is 5.91 Å². The number of aromatic nitrogens is 1. The van der Waals surface area contributed by atoms with E-state index in [9.17, 15) is 41.8 Å². The highest BCUT2D eigenvalue weighted by atomic mass is 79.9. The summed E-state index contributed by atoms with van der Waals surface area (Å²) in [6.07, 6.45) is 1.69. The number of carboxylic acids is 2. The van der Waals surface area contributed by atoms with Crippen LogP contribution in [0, 0.1) is 41.5 Å². The van der Waals surface area contributed by atoms with Crippen LogP contribution in [0.15, 0.2) is 89.5 Å². The summed E-state index contributed by atoms with van der Waals surface area (Å²) in [7, 11) is 1.06. The zero-order chi connectivity index (χ0) is 58.4. The van der Waals surface area contributed by atoms with Crippen LogP contribution in [0.25, 0.3) is 26.9 Å². The lowest BCUT2D eigenvalue weighted by molar-refractivity contribution is -0.139. The Labute approximate surface area is 469 Å². The van der Waals surface area contributed by atoms with Gasteiger partial charge in [-0.15, -0.1) is 0 Å². The van der Waals surface area contributed by atoms with Gasteiger partial charge in [0.1, 0.15) is 57.6 Å². The molecule has 3 aliphatic heterocycles. The van der Waals surface area contributed by atoms with Crippen LogP contribution in [0.4, 0.5) is 43.4 Å². The molecule has 4 N–H and O–H groups in total. The molecule has 80 heavy (non-hydrogen) atoms. The van der Waals surface area contributed by atoms with E-state index in [-0.39, 0.29) is 28.8 Å². The number of anilines is 2. The number of carbonyl (C=O) groups is 4. The van der Waals surface area contributed by atoms with Gasteiger partial charge in [0.15, 0.2) is 5.69 Å². The van der Waals surface area contributed by atoms with E-state index >= 15 is 8.78 Å². The van der Waals surface area contributed by atoms with Crippen molar-refractivity contribution in [2.45, 2.75) is 51.5 Å². The minimum atomic E-state index is -1.60. The van der Waals surface area contributed by atoms with Crippen molar-refractivity contribution < 1.29 is 74.7 Å². The largest absolute Gasteiger partial charge is 0.480 e. The van der Waals surface area contributed by atoms with Crippen LogP contribution in [0.2, 0.25) is 5.02 Å². The Kier molecular flexibility index (Phi) is 22.2. The maximum Gasteiger partial charge on any atom is 0.343 e. The number of hydrogen-bond donors (Lipinski definition) is 4. The van der Waals surface area contributed by atoms with E-state index < -0.39 is 81.5 Å². The number of aliphatic carboxylic acids is 1. The SMILES string of the molecule is COC(=O)c1c(F)cc(Br)cc1F.C[C@@H]1CN(c2cc(F)c(C(=O)O)c(F)c2)CCO1.C[C@@H]1CNCCO1.[C-]#[N+]c1ccc(-c2ccc(C[C@H](NC(=O)c3c(F)cc(N4CCO[C@H](C)C4)cc3F)C(=O)O)c3cccnc23)c(Cl)c1. The van der Waals surface area contributed by atoms with Gasteiger partial charge in [-0.2, -0.15) is 0 Å². The average molecular weight is 1200 g/mol. The number of benzene rings is 5. The van der Waals surface area contributed by atoms with Gasteiger partial charge in [-0.05, 0) is 80.4 Å². The molecule has 3 saturated heterocycles. The first-order valence-corrected chi connectivity index (χ1v) is 25.8. The summed E-state index contributed by atoms with van der Waals surface area (Å²) in [6.45, 7) is 18.7. The lowest BCUT2D eigenvalue weighted by Gasteiger charge is -2.33. The molecule has 24 heteroatoms. The van der Waals surface area contributed by atoms with E-state index in [0.717, 1.165) is 63.2 Å². The van der Waals surface area contributed by atoms with E-state index in [2.05, 4.69) is 48.1 Å². The van der Waals surface area contributed by atoms with Gasteiger partial charge in [-0.3, -0.25) is 9.78 Å². The molecule has 0 spiro atoms. The molecule has 0 unspecified atom stereocenters. The fourth-order valence-corrected chi connectivity index (χ4v) is 9.30. The Bertz CT molecular complexity index is 3210. The number of morpholine rings is 3. The van der Waals surface area contributed by atoms with Crippen molar-refractivity contribution in [1.82, 2.24) is 15.6 Å². The first kappa shape index (κ1) is 61.9. The normalized spacial score (nSPS) is 17.2. The van der Waals surface area contributed by atoms with Gasteiger partial charge in [-0.25, -0.2) is 45.6 Å². The summed E-state index contributed by atoms with van der Waals surface area (Å²) in [5, 5.41) is 25.1. The van der Waals surface area contributed by atoms with Crippen LogP contribution in [0.1, 0.15) is 57.4 Å². The zero-order valence-electron chi connectivity index (χ0n) is 43.4. The van der Waals surface area contributed by atoms with E-state index in [1.54, 1.807) is 58.5 Å². The first-order chi connectivity index (χ1) is 38.1. The van der Waals surface area contributed by atoms with Crippen molar-refractivity contribution in [1.29, 1.82) is 0 Å². The lowest BCUT2D eigenvalue weighted by atomic mass is 9.95. The van der Waals surface area contributed by atoms with Crippen LogP contribution >= 0.6 is 27.5 Å². The Hall–Kier alpha value is -7.33. The highest BCUT2D eigenvalue weighted by Gasteiger charge is 2.29. The monoisotopic (exact) mass is 1200 g/mol. The Morgan fingerprint density at radius 1 is 0.775 bits per heavy atom. The van der Waals surface area contributed by atoms with Crippen molar-refractivity contribution in [2.24, 2.45) is 0 Å². The van der Waals surface area contributed by atoms with Crippen LogP contribution < -0.4 is 20.4 Å². The number of nitrogens with one attached hydrogen (secondary N) is 2. The molecular weight excluding hydrogens is 1150 g/mol. The maximum atomic E-state index is 15.0. The molecule has 6 aromatic rings. The van der Waals surface area contributed by atoms with Gasteiger partial charge in [0.05, 0.1) is 57.3 Å². The maximum absolute atomic E-state index is 15.0. The number of esters is 1. The molecule has 0 aliphatic carbocycles. The van der Waals surface area contributed by atoms with E-state index in [4.69, 9.17) is 37.5 Å². The van der Waals surface area contributed by atoms with Gasteiger partial charge in [0.2, 0.25) is 0 Å². The zero-order valence-corrected chi connectivity index (χ0v) is 45.8. The summed E-state index contributed by atoms with van der Waals surface area (Å²) in [5.41, 5.74) is 0.940. The number of hydrogen-bond acceptors (Lipinski definition) is 12. The average Bonchev–Trinajstić information content (AvgIpc) is 3.41. The molecule has 4 heterocycles. The molecule has 3 fully saturated rings. The standard InChI is InChI=1S/C31H25ClF2N4O4.C12H13F2NO3.C8H5BrF2O2.C5H11NO/c1-17-16-38(10-11-42-17)20-14-25(33)28(26(34)15-20)30(39)37-27(31(40)41)12-18-5-7-23(29-21(18)4-3-9-36-29)22-8-6-19(35-2)13-24(22)32;1-7-6-15(2-3-18-7)8-4-9(13)11(12(16)17)10(14)5-8;1-13-8(12)7-5(10)2-4(9)3-6(7)11;1-5-4-6-2-3-7-5/h3-9,13-15,17,27H,10-12,16H2,1H3,(H,37,39)(H,40,41);4-5,7H,2-3,6H2,1H3,(H,16,17);2-3H,1H3;5-6H,2-4H2,1H3/t17-,27+;7-;;5-/m11.1/s1. The smallest absolute Gasteiger partial charge is 0.343 e. The Morgan fingerprint density at radius 2 is 1.31 bits per heavy atom. The number of ether oxygens (including phenoxy) is 4. The molecule has 0 radical (unpaired) electrons. The van der Waals surface area contributed by atoms with Crippen molar-refractivity contribution in [3.8, 4) is 11.1 Å². The molecule has 424 valence electrons. The van der Waals surface area contributed by atoms with Crippen molar-refractivity contribution >= 4 is 79.3 Å². The van der Waals surface area contributed by atoms with Crippen LogP contribution in [0.3, 0.4) is 0 Å². The van der Waals surface area contributed by atoms with Gasteiger partial charge in [0, 0.05) is 83.7 Å². The fraction of sp³-hybridized carbons (Fsp3) is 0.321. The van der Waals surface area contributed by atoms with Crippen molar-refractivity contribution in [2.75, 3.05) is 76.0 Å². The third-order valence-corrected chi connectivity index (χ3v) is 13.2. The minimum Gasteiger partial charge on any atom is -0.480 e. The number of nitrogens with zero attached hydrogens (tertiary/aromatic N) is 4. The summed E-state index contributed by atoms with van der Waals surface area (Å²) in [5.74, 6) is -11.4. The molecule has 1 aromatic heterocycles. The number of rotatable bonds is 10. The topological polar surface area (TPSA) is 193 Å². The van der Waals surface area contributed by atoms with Crippen LogP contribution in [0.5, 0.6) is 0 Å². The molecule has 16 nitrogen and oxygen atoms in total. The fourth-order valence-electron chi connectivity index (χ4n) is 8.62. The minimum absolute atomic E-state index is 0.0241. The third-order valence-electron chi connectivity index (χ3n) is 12.5. The van der Waals surface area contributed by atoms with Gasteiger partial charge in [-0.1, -0.05) is 57.9 Å². The van der Waals surface area contributed by atoms with E-state index in [0.29, 0.717) is 89.5 Å². The van der Waals surface area contributed by atoms with Gasteiger partial charge >= 0.3 is 17.9 Å². The molecular formula is C56H54BrClF6N6O10. The van der Waals surface area contributed by atoms with E-state index in [1.807, 2.05) is 13.8 Å². The van der Waals surface area contributed by atoms with E-state index in [1.165, 1.54) is 0 Å². The van der Waals surface area contributed by atoms with Crippen molar-refractivity contribution in [3.63, 3.8) is 0 Å². The number of aromatic carboxylic acids is 1. The number of halogens is 8. The number of fused-ring (bicyclic) bond motifs is 1. The Balaban J connectivity index is 0.000000219. The molecule has 5 aromatic carbocycles. The summed E-state index contributed by atoms with van der Waals surface area (Å²) in [4.78, 5) is 58.1. The molecule has 1 amide bonds. The van der Waals surface area contributed by atoms with Crippen molar-refractivity contribution in [3.05, 3.63) is 163 Å². The van der Waals surface area contributed by atoms with Crippen LogP contribution in [-0.2, 0) is 30.2 Å². The number of pyridine rings is 1. The Morgan fingerprint density at radius 3 is 1.77 bits per heavy atom. The lowest BCUT2D eigenvalue weighted by Crippen LogP contribution is -2.43. The molecule has 0 bridgehead atoms. The second-order valence-electron chi connectivity index (χ2n) is 18.3. The highest BCUT2D eigenvalue weighted by molar-refractivity contribution is 9.10. The molecule has 0 saturated carbocycles. The molecule has 4 atom stereocenters. The number of carboxylic acid groups (broad SMARTS) is 2. The number of carbonyl (C=O) groups excluding carboxylic acids is 2. The second kappa shape index (κ2) is 28.7. The first-order valence-electron chi connectivity index (χ1n) is 24.7. The quantitative estimate of drug-likeness (QED) is 0.0575. The summed E-state index contributed by atoms with van der Waals surface area (Å²) >= 11 is 9.33. The van der Waals surface area contributed by atoms with Crippen LogP contribution in [-0.4, -0.2) is 130 Å². The second-order valence-corrected chi connectivity index (χ2v) is 19.6. The number of methoxy groups -OCH3 is 1. The predicted molar refractivity (Wildman–Crippen MR) is 290 cm³/mol. The summed E-state index contributed by atoms with van der Waals surface area (Å²) < 4.78 is 104. The third kappa shape index (κ3) is 16.2. The highest BCUT2D eigenvalue weighted by Crippen LogP contribution is 2.36.